The third-order valence-corrected chi connectivity index (χ3v) is 3.52. The maximum absolute atomic E-state index is 10.6. The van der Waals surface area contributed by atoms with Gasteiger partial charge in [-0.05, 0) is 37.8 Å². The first-order valence-corrected chi connectivity index (χ1v) is 7.09. The van der Waals surface area contributed by atoms with E-state index in [1.54, 1.807) is 0 Å². The molecule has 0 saturated carbocycles. The lowest BCUT2D eigenvalue weighted by molar-refractivity contribution is -0.136. The molecule has 2 atom stereocenters. The summed E-state index contributed by atoms with van der Waals surface area (Å²) in [4.78, 5) is 10.6. The summed E-state index contributed by atoms with van der Waals surface area (Å²) in [6.07, 6.45) is 2.68. The number of carboxylic acids is 1. The van der Waals surface area contributed by atoms with E-state index in [1.807, 2.05) is 24.3 Å². The first-order valence-electron chi connectivity index (χ1n) is 7.09. The number of aliphatic carboxylic acids is 1. The van der Waals surface area contributed by atoms with Crippen LogP contribution in [0, 0.1) is 0 Å². The van der Waals surface area contributed by atoms with Crippen LogP contribution in [0.1, 0.15) is 37.8 Å². The fourth-order valence-corrected chi connectivity index (χ4v) is 2.62. The van der Waals surface area contributed by atoms with E-state index in [2.05, 4.69) is 13.8 Å². The molecule has 1 heterocycles. The van der Waals surface area contributed by atoms with Gasteiger partial charge in [0.25, 0.3) is 0 Å². The molecular formula is C16H22O4. The van der Waals surface area contributed by atoms with Gasteiger partial charge in [0, 0.05) is 0 Å². The molecule has 110 valence electrons. The summed E-state index contributed by atoms with van der Waals surface area (Å²) in [5.74, 6) is -0.806. The number of rotatable bonds is 5. The van der Waals surface area contributed by atoms with Crippen LogP contribution in [-0.4, -0.2) is 29.4 Å². The largest absolute Gasteiger partial charge is 0.481 e. The van der Waals surface area contributed by atoms with Gasteiger partial charge in [-0.3, -0.25) is 4.79 Å². The molecule has 0 aliphatic carbocycles. The normalized spacial score (nSPS) is 26.4. The molecule has 0 amide bonds. The first kappa shape index (κ1) is 15.0. The molecule has 1 aromatic carbocycles. The van der Waals surface area contributed by atoms with E-state index in [-0.39, 0.29) is 24.7 Å². The van der Waals surface area contributed by atoms with Gasteiger partial charge in [-0.2, -0.15) is 0 Å². The zero-order valence-corrected chi connectivity index (χ0v) is 12.0. The van der Waals surface area contributed by atoms with Crippen LogP contribution in [0.5, 0.6) is 0 Å². The van der Waals surface area contributed by atoms with E-state index in [1.165, 1.54) is 0 Å². The zero-order valence-electron chi connectivity index (χ0n) is 12.0. The highest BCUT2D eigenvalue weighted by molar-refractivity contribution is 5.70. The van der Waals surface area contributed by atoms with Gasteiger partial charge in [-0.25, -0.2) is 0 Å². The Kier molecular flexibility index (Phi) is 5.15. The van der Waals surface area contributed by atoms with Crippen molar-refractivity contribution in [1.82, 2.24) is 0 Å². The molecule has 0 bridgehead atoms. The van der Waals surface area contributed by atoms with Crippen LogP contribution in [-0.2, 0) is 27.3 Å². The average molecular weight is 278 g/mol. The maximum atomic E-state index is 10.6. The van der Waals surface area contributed by atoms with E-state index in [4.69, 9.17) is 14.6 Å². The second-order valence-electron chi connectivity index (χ2n) is 5.55. The fraction of sp³-hybridized carbons (Fsp3) is 0.562. The molecule has 4 heteroatoms. The Morgan fingerprint density at radius 2 is 1.75 bits per heavy atom. The number of ether oxygens (including phenoxy) is 2. The minimum Gasteiger partial charge on any atom is -0.481 e. The zero-order chi connectivity index (χ0) is 14.5. The minimum absolute atomic E-state index is 0.0656. The topological polar surface area (TPSA) is 55.8 Å². The van der Waals surface area contributed by atoms with Crippen LogP contribution in [0.15, 0.2) is 24.3 Å². The van der Waals surface area contributed by atoms with Crippen molar-refractivity contribution in [3.8, 4) is 0 Å². The molecule has 0 radical (unpaired) electrons. The van der Waals surface area contributed by atoms with Crippen LogP contribution >= 0.6 is 0 Å². The van der Waals surface area contributed by atoms with Gasteiger partial charge in [-0.1, -0.05) is 24.3 Å². The first-order chi connectivity index (χ1) is 9.52. The number of carbonyl (C=O) groups is 1. The lowest BCUT2D eigenvalue weighted by Crippen LogP contribution is -2.33. The van der Waals surface area contributed by atoms with Crippen LogP contribution in [0.4, 0.5) is 0 Å². The van der Waals surface area contributed by atoms with Crippen molar-refractivity contribution < 1.29 is 19.4 Å². The smallest absolute Gasteiger partial charge is 0.307 e. The summed E-state index contributed by atoms with van der Waals surface area (Å²) < 4.78 is 11.6. The van der Waals surface area contributed by atoms with Gasteiger partial charge in [0.2, 0.25) is 0 Å². The SMILES string of the molecule is CC1CC(OCc2ccc(CC(=O)O)cc2)CC(C)O1. The molecule has 1 aromatic rings. The molecule has 0 spiro atoms. The summed E-state index contributed by atoms with van der Waals surface area (Å²) in [6.45, 7) is 4.72. The summed E-state index contributed by atoms with van der Waals surface area (Å²) in [6, 6.07) is 7.57. The van der Waals surface area contributed by atoms with E-state index >= 15 is 0 Å². The van der Waals surface area contributed by atoms with E-state index in [9.17, 15) is 4.79 Å². The standard InChI is InChI=1S/C16H22O4/c1-11-7-15(8-12(2)20-11)19-10-14-5-3-13(4-6-14)9-16(17)18/h3-6,11-12,15H,7-10H2,1-2H3,(H,17,18). The van der Waals surface area contributed by atoms with Crippen molar-refractivity contribution in [2.75, 3.05) is 0 Å². The van der Waals surface area contributed by atoms with Crippen molar-refractivity contribution in [3.63, 3.8) is 0 Å². The summed E-state index contributed by atoms with van der Waals surface area (Å²) >= 11 is 0. The van der Waals surface area contributed by atoms with E-state index < -0.39 is 5.97 Å². The molecule has 1 aliphatic rings. The van der Waals surface area contributed by atoms with Crippen molar-refractivity contribution in [3.05, 3.63) is 35.4 Å². The fourth-order valence-electron chi connectivity index (χ4n) is 2.62. The Morgan fingerprint density at radius 1 is 1.20 bits per heavy atom. The summed E-state index contributed by atoms with van der Waals surface area (Å²) in [5, 5.41) is 8.72. The third kappa shape index (κ3) is 4.62. The van der Waals surface area contributed by atoms with Gasteiger partial charge in [-0.15, -0.1) is 0 Å². The number of hydrogen-bond donors (Lipinski definition) is 1. The van der Waals surface area contributed by atoms with Crippen molar-refractivity contribution in [2.24, 2.45) is 0 Å². The predicted molar refractivity (Wildman–Crippen MR) is 75.6 cm³/mol. The molecule has 4 nitrogen and oxygen atoms in total. The number of benzene rings is 1. The van der Waals surface area contributed by atoms with Crippen LogP contribution in [0.25, 0.3) is 0 Å². The van der Waals surface area contributed by atoms with E-state index in [0.29, 0.717) is 6.61 Å². The third-order valence-electron chi connectivity index (χ3n) is 3.52. The van der Waals surface area contributed by atoms with Gasteiger partial charge in [0.1, 0.15) is 0 Å². The molecule has 2 unspecified atom stereocenters. The minimum atomic E-state index is -0.806. The van der Waals surface area contributed by atoms with Crippen LogP contribution < -0.4 is 0 Å². The molecule has 1 aliphatic heterocycles. The predicted octanol–water partition coefficient (Wildman–Crippen LogP) is 2.79. The Hall–Kier alpha value is -1.39. The summed E-state index contributed by atoms with van der Waals surface area (Å²) in [5.41, 5.74) is 1.89. The van der Waals surface area contributed by atoms with Gasteiger partial charge in [0.05, 0.1) is 31.3 Å². The lowest BCUT2D eigenvalue weighted by Gasteiger charge is -2.32. The van der Waals surface area contributed by atoms with Gasteiger partial charge >= 0.3 is 5.97 Å². The molecule has 20 heavy (non-hydrogen) atoms. The molecular weight excluding hydrogens is 256 g/mol. The monoisotopic (exact) mass is 278 g/mol. The van der Waals surface area contributed by atoms with E-state index in [0.717, 1.165) is 24.0 Å². The van der Waals surface area contributed by atoms with Crippen LogP contribution in [0.3, 0.4) is 0 Å². The summed E-state index contributed by atoms with van der Waals surface area (Å²) in [7, 11) is 0. The van der Waals surface area contributed by atoms with Crippen LogP contribution in [0.2, 0.25) is 0 Å². The number of carboxylic acid groups (broad SMARTS) is 1. The Balaban J connectivity index is 1.83. The quantitative estimate of drug-likeness (QED) is 0.899. The van der Waals surface area contributed by atoms with Gasteiger partial charge < -0.3 is 14.6 Å². The molecule has 1 fully saturated rings. The highest BCUT2D eigenvalue weighted by Gasteiger charge is 2.24. The lowest BCUT2D eigenvalue weighted by atomic mass is 10.0. The molecule has 1 saturated heterocycles. The van der Waals surface area contributed by atoms with Crippen molar-refractivity contribution >= 4 is 5.97 Å². The highest BCUT2D eigenvalue weighted by Crippen LogP contribution is 2.22. The second-order valence-corrected chi connectivity index (χ2v) is 5.55. The second kappa shape index (κ2) is 6.86. The van der Waals surface area contributed by atoms with Gasteiger partial charge in [0.15, 0.2) is 0 Å². The Bertz CT molecular complexity index is 430. The Morgan fingerprint density at radius 3 is 2.30 bits per heavy atom. The average Bonchev–Trinajstić information content (AvgIpc) is 2.36. The van der Waals surface area contributed by atoms with Crippen molar-refractivity contribution in [1.29, 1.82) is 0 Å². The van der Waals surface area contributed by atoms with Crippen molar-refractivity contribution in [2.45, 2.75) is 58.0 Å². The number of hydrogen-bond acceptors (Lipinski definition) is 3. The maximum Gasteiger partial charge on any atom is 0.307 e. The Labute approximate surface area is 119 Å². The molecule has 0 aromatic heterocycles. The molecule has 1 N–H and O–H groups in total. The highest BCUT2D eigenvalue weighted by atomic mass is 16.5. The molecule has 2 rings (SSSR count).